The van der Waals surface area contributed by atoms with Gasteiger partial charge < -0.3 is 34.9 Å². The maximum absolute atomic E-state index is 14.1. The Balaban J connectivity index is 0.937. The molecule has 1 aliphatic carbocycles. The van der Waals surface area contributed by atoms with Gasteiger partial charge in [0, 0.05) is 107 Å². The number of aromatic nitrogens is 2. The highest BCUT2D eigenvalue weighted by Gasteiger charge is 2.48. The van der Waals surface area contributed by atoms with Gasteiger partial charge in [0.2, 0.25) is 5.91 Å². The van der Waals surface area contributed by atoms with Crippen molar-refractivity contribution < 1.29 is 49.1 Å². The van der Waals surface area contributed by atoms with Gasteiger partial charge in [-0.15, -0.1) is 0 Å². The number of ether oxygens (including phenoxy) is 2. The molecule has 3 saturated heterocycles. The van der Waals surface area contributed by atoms with E-state index in [1.54, 1.807) is 30.5 Å². The minimum atomic E-state index is -6.06. The number of carbonyl (C=O) groups is 2. The Kier molecular flexibility index (Phi) is 15.9. The number of hydrogen-bond acceptors (Lipinski definition) is 14. The molecule has 3 aromatic carbocycles. The van der Waals surface area contributed by atoms with E-state index in [0.717, 1.165) is 43.6 Å². The number of nitrogens with one attached hydrogen (secondary N) is 4. The lowest BCUT2D eigenvalue weighted by molar-refractivity contribution is -0.142. The number of sulfonamides is 1. The van der Waals surface area contributed by atoms with Crippen LogP contribution in [0, 0.1) is 5.41 Å². The Bertz CT molecular complexity index is 3120. The summed E-state index contributed by atoms with van der Waals surface area (Å²) in [4.78, 5) is 41.9. The molecular weight excluding hydrogens is 1020 g/mol. The molecule has 4 N–H and O–H groups in total. The molecule has 17 nitrogen and oxygen atoms in total. The van der Waals surface area contributed by atoms with Crippen LogP contribution in [0.3, 0.4) is 0 Å². The van der Waals surface area contributed by atoms with Crippen molar-refractivity contribution in [2.24, 2.45) is 5.41 Å². The molecule has 0 spiro atoms. The van der Waals surface area contributed by atoms with Crippen LogP contribution >= 0.6 is 11.6 Å². The van der Waals surface area contributed by atoms with E-state index < -0.39 is 52.2 Å². The second-order valence-corrected chi connectivity index (χ2v) is 23.3. The topological polar surface area (TPSA) is 199 Å². The largest absolute Gasteiger partial charge is 0.501 e. The first-order valence-electron chi connectivity index (χ1n) is 24.6. The quantitative estimate of drug-likeness (QED) is 0.0757. The molecule has 1 atom stereocenters. The van der Waals surface area contributed by atoms with E-state index in [4.69, 9.17) is 21.1 Å². The van der Waals surface area contributed by atoms with Crippen LogP contribution in [0.25, 0.3) is 16.6 Å². The van der Waals surface area contributed by atoms with E-state index in [9.17, 15) is 39.6 Å². The number of amides is 2. The summed E-state index contributed by atoms with van der Waals surface area (Å²) in [5.41, 5.74) is -2.20. The van der Waals surface area contributed by atoms with Crippen LogP contribution in [0.2, 0.25) is 5.02 Å². The summed E-state index contributed by atoms with van der Waals surface area (Å²) in [6.45, 7) is 11.2. The zero-order chi connectivity index (χ0) is 52.3. The molecule has 396 valence electrons. The fourth-order valence-electron chi connectivity index (χ4n) is 10.1. The number of fused-ring (bicyclic) bond motifs is 1. The first-order valence-corrected chi connectivity index (χ1v) is 28.0. The minimum Gasteiger partial charge on any atom is -0.455 e. The SMILES string of the molecule is CC1(C(=O)N2CCNCC2)CCC(c2ccc(Cl)cc2)=C(CN2CCN(c3ccc(C(=O)NS(=O)(=O)c4ccc(NCCCN5CCOCC5)c(S(=O)(=O)C(F)(F)F)c4)c(Oc4cnc5[nH]ccc5c4)c3)CC2)C1. The molecule has 5 aromatic rings. The van der Waals surface area contributed by atoms with Crippen molar-refractivity contribution in [1.29, 1.82) is 0 Å². The number of morpholine rings is 1. The van der Waals surface area contributed by atoms with Crippen molar-refractivity contribution in [2.75, 3.05) is 109 Å². The molecule has 3 fully saturated rings. The molecule has 4 aliphatic rings. The Labute approximate surface area is 433 Å². The van der Waals surface area contributed by atoms with Gasteiger partial charge in [-0.2, -0.15) is 13.2 Å². The number of rotatable bonds is 16. The molecule has 0 radical (unpaired) electrons. The van der Waals surface area contributed by atoms with E-state index in [1.165, 1.54) is 23.4 Å². The van der Waals surface area contributed by atoms with Gasteiger partial charge >= 0.3 is 5.51 Å². The van der Waals surface area contributed by atoms with Gasteiger partial charge in [-0.25, -0.2) is 26.5 Å². The van der Waals surface area contributed by atoms with Crippen molar-refractivity contribution >= 4 is 71.3 Å². The smallest absolute Gasteiger partial charge is 0.455 e. The first kappa shape index (κ1) is 53.1. The molecule has 5 heterocycles. The zero-order valence-corrected chi connectivity index (χ0v) is 43.2. The number of pyridine rings is 1. The minimum absolute atomic E-state index is 0.0420. The molecule has 1 unspecified atom stereocenters. The third kappa shape index (κ3) is 12.0. The van der Waals surface area contributed by atoms with Crippen molar-refractivity contribution in [3.63, 3.8) is 0 Å². The predicted octanol–water partition coefficient (Wildman–Crippen LogP) is 6.75. The molecule has 3 aliphatic heterocycles. The second-order valence-electron chi connectivity index (χ2n) is 19.3. The number of halogens is 4. The van der Waals surface area contributed by atoms with Crippen molar-refractivity contribution in [2.45, 2.75) is 47.9 Å². The lowest BCUT2D eigenvalue weighted by atomic mass is 9.70. The van der Waals surface area contributed by atoms with E-state index >= 15 is 0 Å². The van der Waals surface area contributed by atoms with Crippen molar-refractivity contribution in [3.05, 3.63) is 107 Å². The Morgan fingerprint density at radius 1 is 0.892 bits per heavy atom. The number of H-pyrrole nitrogens is 1. The van der Waals surface area contributed by atoms with Crippen LogP contribution in [0.1, 0.15) is 48.5 Å². The monoisotopic (exact) mass is 1080 g/mol. The summed E-state index contributed by atoms with van der Waals surface area (Å²) in [7, 11) is -11.1. The number of benzene rings is 3. The number of nitrogens with zero attached hydrogens (tertiary/aromatic N) is 5. The normalized spacial score (nSPS) is 19.7. The first-order chi connectivity index (χ1) is 35.4. The average molecular weight is 1080 g/mol. The van der Waals surface area contributed by atoms with Gasteiger partial charge in [0.05, 0.1) is 41.0 Å². The van der Waals surface area contributed by atoms with Crippen LogP contribution in [0.5, 0.6) is 11.5 Å². The molecule has 74 heavy (non-hydrogen) atoms. The third-order valence-electron chi connectivity index (χ3n) is 14.2. The van der Waals surface area contributed by atoms with Crippen LogP contribution in [-0.2, 0) is 29.4 Å². The third-order valence-corrected chi connectivity index (χ3v) is 17.3. The number of anilines is 2. The predicted molar refractivity (Wildman–Crippen MR) is 276 cm³/mol. The average Bonchev–Trinajstić information content (AvgIpc) is 3.87. The standard InChI is InChI=1S/C51H59ClF3N9O8S2/c1-50(49(66)64-19-16-56-17-20-64)13-11-42(35-3-5-38(52)6-4-35)37(32-50)34-62-21-23-63(24-22-62)39-7-9-43(45(30-39)72-40-29-36-12-15-58-47(36)59-33-40)48(65)60-74(69,70)41-8-10-44(46(31-41)73(67,68)51(53,54)55)57-14-2-18-61-25-27-71-28-26-61/h3-10,12,15,29-31,33,56-57H,2,11,13-14,16-28,32,34H2,1H3,(H,58,59)(H,60,65). The highest BCUT2D eigenvalue weighted by Crippen LogP contribution is 2.45. The summed E-state index contributed by atoms with van der Waals surface area (Å²) in [5.74, 6) is -0.811. The molecule has 0 bridgehead atoms. The van der Waals surface area contributed by atoms with Crippen LogP contribution in [-0.4, -0.2) is 157 Å². The van der Waals surface area contributed by atoms with Crippen molar-refractivity contribution in [3.8, 4) is 11.5 Å². The fourth-order valence-corrected chi connectivity index (χ4v) is 12.2. The highest BCUT2D eigenvalue weighted by atomic mass is 35.5. The maximum Gasteiger partial charge on any atom is 0.501 e. The highest BCUT2D eigenvalue weighted by molar-refractivity contribution is 7.92. The molecule has 2 aromatic heterocycles. The number of alkyl halides is 3. The second kappa shape index (κ2) is 22.2. The number of piperazine rings is 2. The molecule has 2 amide bonds. The Hall–Kier alpha value is -5.75. The number of allylic oxidation sites excluding steroid dienone is 1. The Morgan fingerprint density at radius 3 is 2.36 bits per heavy atom. The van der Waals surface area contributed by atoms with Gasteiger partial charge in [-0.3, -0.25) is 19.4 Å². The van der Waals surface area contributed by atoms with Crippen LogP contribution in [0.15, 0.2) is 101 Å². The fraction of sp³-hybridized carbons (Fsp3) is 0.431. The lowest BCUT2D eigenvalue weighted by Gasteiger charge is -2.42. The number of carbonyl (C=O) groups excluding carboxylic acids is 2. The van der Waals surface area contributed by atoms with Gasteiger partial charge in [0.25, 0.3) is 25.8 Å². The number of hydrogen-bond donors (Lipinski definition) is 4. The summed E-state index contributed by atoms with van der Waals surface area (Å²) in [6.07, 6.45) is 5.69. The number of aromatic amines is 1. The molecule has 23 heteroatoms. The number of sulfone groups is 1. The summed E-state index contributed by atoms with van der Waals surface area (Å²) in [5, 5.41) is 7.41. The Morgan fingerprint density at radius 2 is 1.64 bits per heavy atom. The summed E-state index contributed by atoms with van der Waals surface area (Å²) in [6, 6.07) is 18.2. The van der Waals surface area contributed by atoms with Gasteiger partial charge in [0.15, 0.2) is 0 Å². The van der Waals surface area contributed by atoms with E-state index in [0.29, 0.717) is 119 Å². The zero-order valence-electron chi connectivity index (χ0n) is 40.8. The van der Waals surface area contributed by atoms with Crippen LogP contribution < -0.4 is 25.0 Å². The van der Waals surface area contributed by atoms with E-state index in [-0.39, 0.29) is 29.5 Å². The van der Waals surface area contributed by atoms with E-state index in [1.807, 2.05) is 33.9 Å². The van der Waals surface area contributed by atoms with Gasteiger partial charge in [0.1, 0.15) is 22.0 Å². The van der Waals surface area contributed by atoms with Gasteiger partial charge in [-0.1, -0.05) is 36.2 Å². The molecule has 9 rings (SSSR count). The molecular formula is C51H59ClF3N9O8S2. The van der Waals surface area contributed by atoms with Gasteiger partial charge in [-0.05, 0) is 98.0 Å². The van der Waals surface area contributed by atoms with Crippen LogP contribution in [0.4, 0.5) is 24.5 Å². The lowest BCUT2D eigenvalue weighted by Crippen LogP contribution is -2.52. The van der Waals surface area contributed by atoms with Crippen molar-refractivity contribution in [1.82, 2.24) is 34.7 Å². The maximum atomic E-state index is 14.1. The molecule has 0 saturated carbocycles. The summed E-state index contributed by atoms with van der Waals surface area (Å²) < 4.78 is 109. The van der Waals surface area contributed by atoms with E-state index in [2.05, 4.69) is 42.2 Å². The summed E-state index contributed by atoms with van der Waals surface area (Å²) >= 11 is 6.29.